The van der Waals surface area contributed by atoms with Crippen LogP contribution in [0.5, 0.6) is 0 Å². The molecule has 0 aromatic rings. The number of fused-ring (bicyclic) bond motifs is 3. The van der Waals surface area contributed by atoms with Crippen molar-refractivity contribution in [3.8, 4) is 0 Å². The van der Waals surface area contributed by atoms with E-state index < -0.39 is 112 Å². The molecular formula is C36H52O16. The van der Waals surface area contributed by atoms with E-state index in [0.29, 0.717) is 0 Å². The number of aldehydes is 1. The number of Topliss-reactive ketones (excluding diaryl/α,β-unsaturated/α-hetero) is 1. The number of carbonyl (C=O) groups excluding carboxylic acids is 6. The van der Waals surface area contributed by atoms with E-state index in [1.807, 2.05) is 0 Å². The summed E-state index contributed by atoms with van der Waals surface area (Å²) >= 11 is 0. The minimum Gasteiger partial charge on any atom is -0.430 e. The molecule has 0 unspecified atom stereocenters. The Bertz CT molecular complexity index is 1540. The highest BCUT2D eigenvalue weighted by Gasteiger charge is 2.79. The Labute approximate surface area is 302 Å². The SMILES string of the molecule is CC1=C2[C@@H](OC(=O)OC(C)(C)C)C(=O)[C@]3(C)[C@@H](OC(=O)OC(C)(C)C)C[C@H](O)[C@@](O)(C=O)[C@H]3[C@@H]3OC(=O)O[C@@]3(C[C@@H]1OC(=O)OC(C)(C)C)C2(C)C. The van der Waals surface area contributed by atoms with Crippen molar-refractivity contribution in [1.29, 1.82) is 0 Å². The van der Waals surface area contributed by atoms with Crippen LogP contribution in [0.2, 0.25) is 0 Å². The Kier molecular flexibility index (Phi) is 10.1. The third-order valence-corrected chi connectivity index (χ3v) is 10.2. The largest absolute Gasteiger partial charge is 0.509 e. The number of hydrogen-bond donors (Lipinski definition) is 2. The van der Waals surface area contributed by atoms with Gasteiger partial charge in [-0.25, -0.2) is 19.2 Å². The lowest BCUT2D eigenvalue weighted by Gasteiger charge is -2.61. The average Bonchev–Trinajstić information content (AvgIpc) is 3.26. The molecule has 16 heteroatoms. The Morgan fingerprint density at radius 2 is 1.31 bits per heavy atom. The summed E-state index contributed by atoms with van der Waals surface area (Å²) in [5, 5.41) is 23.6. The third kappa shape index (κ3) is 7.07. The summed E-state index contributed by atoms with van der Waals surface area (Å²) in [4.78, 5) is 81.5. The molecule has 1 spiro atoms. The molecule has 2 N–H and O–H groups in total. The molecule has 0 aromatic heterocycles. The molecule has 0 radical (unpaired) electrons. The van der Waals surface area contributed by atoms with Gasteiger partial charge in [-0.2, -0.15) is 0 Å². The maximum atomic E-state index is 15.4. The zero-order valence-electron chi connectivity index (χ0n) is 32.1. The van der Waals surface area contributed by atoms with E-state index in [1.165, 1.54) is 13.8 Å². The Balaban J connectivity index is 2.08. The summed E-state index contributed by atoms with van der Waals surface area (Å²) < 4.78 is 45.3. The second-order valence-electron chi connectivity index (χ2n) is 17.7. The van der Waals surface area contributed by atoms with Crippen molar-refractivity contribution in [1.82, 2.24) is 0 Å². The first-order valence-electron chi connectivity index (χ1n) is 17.1. The zero-order chi connectivity index (χ0) is 39.8. The van der Waals surface area contributed by atoms with Crippen molar-refractivity contribution in [3.63, 3.8) is 0 Å². The maximum absolute atomic E-state index is 15.4. The van der Waals surface area contributed by atoms with Crippen LogP contribution in [-0.2, 0) is 47.5 Å². The van der Waals surface area contributed by atoms with Gasteiger partial charge in [-0.3, -0.25) is 4.79 Å². The summed E-state index contributed by atoms with van der Waals surface area (Å²) in [5.74, 6) is -2.96. The molecule has 3 fully saturated rings. The molecule has 1 heterocycles. The van der Waals surface area contributed by atoms with Gasteiger partial charge in [-0.15, -0.1) is 0 Å². The van der Waals surface area contributed by atoms with Gasteiger partial charge in [0.05, 0.1) is 17.4 Å². The highest BCUT2D eigenvalue weighted by Crippen LogP contribution is 2.64. The Morgan fingerprint density at radius 1 is 0.827 bits per heavy atom. The van der Waals surface area contributed by atoms with Crippen LogP contribution in [0.15, 0.2) is 11.1 Å². The Morgan fingerprint density at radius 3 is 1.79 bits per heavy atom. The predicted molar refractivity (Wildman–Crippen MR) is 177 cm³/mol. The maximum Gasteiger partial charge on any atom is 0.509 e. The first-order valence-corrected chi connectivity index (χ1v) is 17.1. The molecule has 4 rings (SSSR count). The van der Waals surface area contributed by atoms with E-state index in [0.717, 1.165) is 0 Å². The lowest BCUT2D eigenvalue weighted by Crippen LogP contribution is -2.77. The first kappa shape index (κ1) is 40.8. The number of ether oxygens (including phenoxy) is 8. The van der Waals surface area contributed by atoms with Gasteiger partial charge < -0.3 is 52.9 Å². The summed E-state index contributed by atoms with van der Waals surface area (Å²) in [6, 6.07) is 0. The standard InChI is InChI=1S/C36H52O16/c1-17-18(45-26(40)49-30(2,3)4)15-36-25(48-29(43)52-36)23-34(13,20(14-19(38)35(23,44)16-37)46-27(41)50-31(5,6)7)24(39)22(21(17)33(36,11)12)47-28(42)51-32(8,9)10/h16,18-20,22-23,25,38,44H,14-15H2,1-13H3/t18-,19-,20-,22+,23-,25-,34+,35-,36+/m0/s1. The average molecular weight is 741 g/mol. The topological polar surface area (TPSA) is 217 Å². The van der Waals surface area contributed by atoms with Crippen LogP contribution in [0.25, 0.3) is 0 Å². The molecule has 1 saturated heterocycles. The van der Waals surface area contributed by atoms with Crippen molar-refractivity contribution in [2.75, 3.05) is 0 Å². The molecule has 1 aliphatic heterocycles. The normalized spacial score (nSPS) is 35.7. The lowest BCUT2D eigenvalue weighted by atomic mass is 9.45. The van der Waals surface area contributed by atoms with Crippen LogP contribution in [0.1, 0.15) is 103 Å². The second-order valence-corrected chi connectivity index (χ2v) is 17.7. The van der Waals surface area contributed by atoms with E-state index in [4.69, 9.17) is 37.9 Å². The summed E-state index contributed by atoms with van der Waals surface area (Å²) in [6.07, 6.45) is -14.7. The van der Waals surface area contributed by atoms with Gasteiger partial charge in [-0.05, 0) is 87.3 Å². The number of aliphatic hydroxyl groups excluding tert-OH is 1. The number of aliphatic hydroxyl groups is 2. The van der Waals surface area contributed by atoms with E-state index in [-0.39, 0.29) is 23.9 Å². The minimum absolute atomic E-state index is 0.0166. The minimum atomic E-state index is -2.86. The molecule has 9 atom stereocenters. The van der Waals surface area contributed by atoms with Crippen LogP contribution >= 0.6 is 0 Å². The fraction of sp³-hybridized carbons (Fsp3) is 0.778. The van der Waals surface area contributed by atoms with Crippen molar-refractivity contribution < 1.29 is 76.9 Å². The molecule has 292 valence electrons. The van der Waals surface area contributed by atoms with Gasteiger partial charge in [0.25, 0.3) is 0 Å². The van der Waals surface area contributed by atoms with E-state index in [2.05, 4.69) is 0 Å². The number of carbonyl (C=O) groups is 6. The Hall–Kier alpha value is -3.92. The molecule has 2 bridgehead atoms. The summed E-state index contributed by atoms with van der Waals surface area (Å²) in [6.45, 7) is 20.2. The summed E-state index contributed by atoms with van der Waals surface area (Å²) in [7, 11) is 0. The summed E-state index contributed by atoms with van der Waals surface area (Å²) in [5.41, 5.74) is -11.6. The third-order valence-electron chi connectivity index (χ3n) is 10.2. The molecule has 52 heavy (non-hydrogen) atoms. The van der Waals surface area contributed by atoms with Gasteiger partial charge in [0.15, 0.2) is 35.5 Å². The van der Waals surface area contributed by atoms with Crippen LogP contribution in [0.4, 0.5) is 19.2 Å². The number of hydrogen-bond acceptors (Lipinski definition) is 16. The van der Waals surface area contributed by atoms with E-state index in [9.17, 15) is 34.2 Å². The van der Waals surface area contributed by atoms with Gasteiger partial charge in [-0.1, -0.05) is 13.8 Å². The predicted octanol–water partition coefficient (Wildman–Crippen LogP) is 4.87. The van der Waals surface area contributed by atoms with Crippen molar-refractivity contribution in [2.24, 2.45) is 16.7 Å². The lowest BCUT2D eigenvalue weighted by molar-refractivity contribution is -0.247. The first-order chi connectivity index (χ1) is 23.4. The second kappa shape index (κ2) is 12.9. The zero-order valence-corrected chi connectivity index (χ0v) is 32.1. The van der Waals surface area contributed by atoms with Crippen LogP contribution in [-0.4, -0.2) is 105 Å². The molecule has 2 saturated carbocycles. The molecule has 16 nitrogen and oxygen atoms in total. The van der Waals surface area contributed by atoms with Gasteiger partial charge in [0, 0.05) is 18.3 Å². The monoisotopic (exact) mass is 740 g/mol. The molecule has 0 aromatic carbocycles. The molecule has 3 aliphatic carbocycles. The fourth-order valence-electron chi connectivity index (χ4n) is 8.04. The van der Waals surface area contributed by atoms with Crippen molar-refractivity contribution in [3.05, 3.63) is 11.1 Å². The van der Waals surface area contributed by atoms with Crippen LogP contribution in [0.3, 0.4) is 0 Å². The highest BCUT2D eigenvalue weighted by molar-refractivity contribution is 5.96. The highest BCUT2D eigenvalue weighted by atomic mass is 16.8. The van der Waals surface area contributed by atoms with Crippen molar-refractivity contribution >= 4 is 36.7 Å². The molecule has 0 amide bonds. The van der Waals surface area contributed by atoms with Crippen molar-refractivity contribution in [2.45, 2.75) is 161 Å². The van der Waals surface area contributed by atoms with Gasteiger partial charge in [0.2, 0.25) is 0 Å². The van der Waals surface area contributed by atoms with E-state index in [1.54, 1.807) is 76.2 Å². The van der Waals surface area contributed by atoms with Gasteiger partial charge in [0.1, 0.15) is 29.0 Å². The molecular weight excluding hydrogens is 688 g/mol. The fourth-order valence-corrected chi connectivity index (χ4v) is 8.04. The van der Waals surface area contributed by atoms with Gasteiger partial charge >= 0.3 is 24.6 Å². The quantitative estimate of drug-likeness (QED) is 0.170. The number of rotatable bonds is 4. The molecule has 4 aliphatic rings. The number of ketones is 1. The smallest absolute Gasteiger partial charge is 0.430 e. The van der Waals surface area contributed by atoms with Crippen LogP contribution < -0.4 is 0 Å². The van der Waals surface area contributed by atoms with Crippen LogP contribution in [0, 0.1) is 16.7 Å². The van der Waals surface area contributed by atoms with E-state index >= 15 is 4.79 Å².